The van der Waals surface area contributed by atoms with E-state index >= 15 is 0 Å². The second-order valence-corrected chi connectivity index (χ2v) is 6.71. The summed E-state index contributed by atoms with van der Waals surface area (Å²) in [6.07, 6.45) is 2.62. The number of aliphatic hydroxyl groups is 1. The summed E-state index contributed by atoms with van der Waals surface area (Å²) in [6, 6.07) is 7.37. The van der Waals surface area contributed by atoms with E-state index in [9.17, 15) is 14.3 Å². The van der Waals surface area contributed by atoms with E-state index in [4.69, 9.17) is 15.6 Å². The predicted octanol–water partition coefficient (Wildman–Crippen LogP) is 4.01. The summed E-state index contributed by atoms with van der Waals surface area (Å²) in [7, 11) is 0. The molecule has 0 radical (unpaired) electrons. The van der Waals surface area contributed by atoms with Gasteiger partial charge in [-0.3, -0.25) is 9.78 Å². The van der Waals surface area contributed by atoms with Crippen LogP contribution in [0, 0.1) is 5.82 Å². The van der Waals surface area contributed by atoms with Crippen molar-refractivity contribution in [1.29, 1.82) is 0 Å². The summed E-state index contributed by atoms with van der Waals surface area (Å²) in [4.78, 5) is 15.2. The molecular weight excluding hydrogens is 375 g/mol. The Hall–Kier alpha value is -3.19. The summed E-state index contributed by atoms with van der Waals surface area (Å²) < 4.78 is 19.4. The van der Waals surface area contributed by atoms with Crippen molar-refractivity contribution in [1.82, 2.24) is 4.98 Å². The fourth-order valence-corrected chi connectivity index (χ4v) is 2.75. The number of carboxylic acids is 1. The van der Waals surface area contributed by atoms with Gasteiger partial charge in [0.2, 0.25) is 0 Å². The Bertz CT molecular complexity index is 950. The molecule has 0 aliphatic carbocycles. The number of benzene rings is 1. The van der Waals surface area contributed by atoms with E-state index in [0.29, 0.717) is 17.0 Å². The molecule has 2 rings (SSSR count). The molecule has 0 spiro atoms. The quantitative estimate of drug-likeness (QED) is 0.457. The number of aliphatic hydroxyl groups excluding tert-OH is 1. The fraction of sp³-hybridized carbons (Fsp3) is 0.273. The van der Waals surface area contributed by atoms with Gasteiger partial charge in [0.1, 0.15) is 17.7 Å². The first-order valence-electron chi connectivity index (χ1n) is 9.11. The lowest BCUT2D eigenvalue weighted by atomic mass is 10.0. The summed E-state index contributed by atoms with van der Waals surface area (Å²) in [6.45, 7) is 5.49. The van der Waals surface area contributed by atoms with E-state index in [-0.39, 0.29) is 24.3 Å². The monoisotopic (exact) mass is 400 g/mol. The fourth-order valence-electron chi connectivity index (χ4n) is 2.75. The van der Waals surface area contributed by atoms with Crippen LogP contribution in [0.5, 0.6) is 5.75 Å². The van der Waals surface area contributed by atoms with Gasteiger partial charge in [0.05, 0.1) is 17.9 Å². The van der Waals surface area contributed by atoms with Gasteiger partial charge in [0.25, 0.3) is 0 Å². The molecule has 1 aromatic heterocycles. The lowest BCUT2D eigenvalue weighted by molar-refractivity contribution is -0.136. The number of carbonyl (C=O) groups is 1. The number of hydrogen-bond acceptors (Lipinski definition) is 5. The maximum absolute atomic E-state index is 13.5. The maximum Gasteiger partial charge on any atom is 0.307 e. The van der Waals surface area contributed by atoms with Crippen LogP contribution in [0.4, 0.5) is 4.39 Å². The van der Waals surface area contributed by atoms with Crippen LogP contribution in [0.3, 0.4) is 0 Å². The molecule has 1 heterocycles. The molecule has 0 saturated carbocycles. The lowest BCUT2D eigenvalue weighted by Gasteiger charge is -2.19. The molecule has 0 bridgehead atoms. The highest BCUT2D eigenvalue weighted by atomic mass is 19.1. The zero-order valence-corrected chi connectivity index (χ0v) is 16.6. The third-order valence-electron chi connectivity index (χ3n) is 4.41. The van der Waals surface area contributed by atoms with Gasteiger partial charge >= 0.3 is 5.97 Å². The van der Waals surface area contributed by atoms with E-state index < -0.39 is 17.9 Å². The maximum atomic E-state index is 13.5. The van der Waals surface area contributed by atoms with Crippen LogP contribution in [-0.4, -0.2) is 27.3 Å². The van der Waals surface area contributed by atoms with Crippen LogP contribution in [0.25, 0.3) is 5.57 Å². The van der Waals surface area contributed by atoms with Crippen molar-refractivity contribution in [2.45, 2.75) is 39.8 Å². The Balaban J connectivity index is 2.30. The Morgan fingerprint density at radius 2 is 2.00 bits per heavy atom. The topological polar surface area (TPSA) is 106 Å². The minimum Gasteiger partial charge on any atom is -0.512 e. The second kappa shape index (κ2) is 9.84. The molecular formula is C22H25FN2O4. The number of halogens is 1. The van der Waals surface area contributed by atoms with E-state index in [1.807, 2.05) is 6.92 Å². The standard InChI is InChI=1S/C22H25FN2O4/c1-13(8-20(14(2)26)16-6-7-25-19(10-16)12-24)15(3)29-21-5-4-18(23)9-17(21)11-22(27)28/h4-10,15,26H,11-12,24H2,1-3H3,(H,27,28)/b13-8+,20-14-/t15-/m1/s1. The molecule has 1 atom stereocenters. The molecule has 1 aromatic carbocycles. The number of ether oxygens (including phenoxy) is 1. The molecule has 0 saturated heterocycles. The SMILES string of the molecule is C/C(O)=C(\C=C(/C)[C@@H](C)Oc1ccc(F)cc1CC(=O)O)c1ccnc(CN)c1. The second-order valence-electron chi connectivity index (χ2n) is 6.71. The highest BCUT2D eigenvalue weighted by Crippen LogP contribution is 2.26. The van der Waals surface area contributed by atoms with Gasteiger partial charge in [-0.2, -0.15) is 0 Å². The van der Waals surface area contributed by atoms with Crippen molar-refractivity contribution in [2.75, 3.05) is 0 Å². The first kappa shape index (κ1) is 22.1. The third kappa shape index (κ3) is 6.15. The molecule has 29 heavy (non-hydrogen) atoms. The van der Waals surface area contributed by atoms with Gasteiger partial charge in [-0.05, 0) is 68.3 Å². The van der Waals surface area contributed by atoms with Crippen molar-refractivity contribution in [3.8, 4) is 5.75 Å². The molecule has 0 unspecified atom stereocenters. The molecule has 0 amide bonds. The minimum absolute atomic E-state index is 0.124. The Morgan fingerprint density at radius 3 is 2.62 bits per heavy atom. The number of pyridine rings is 1. The average Bonchev–Trinajstić information content (AvgIpc) is 2.67. The summed E-state index contributed by atoms with van der Waals surface area (Å²) >= 11 is 0. The number of allylic oxidation sites excluding steroid dienone is 3. The van der Waals surface area contributed by atoms with E-state index in [1.165, 1.54) is 12.1 Å². The largest absolute Gasteiger partial charge is 0.512 e. The third-order valence-corrected chi connectivity index (χ3v) is 4.41. The minimum atomic E-state index is -1.07. The highest BCUT2D eigenvalue weighted by molar-refractivity contribution is 5.76. The summed E-state index contributed by atoms with van der Waals surface area (Å²) in [5, 5.41) is 19.2. The zero-order valence-electron chi connectivity index (χ0n) is 16.6. The summed E-state index contributed by atoms with van der Waals surface area (Å²) in [5.74, 6) is -1.17. The van der Waals surface area contributed by atoms with Crippen LogP contribution in [0.1, 0.15) is 37.6 Å². The molecule has 154 valence electrons. The van der Waals surface area contributed by atoms with Crippen LogP contribution >= 0.6 is 0 Å². The van der Waals surface area contributed by atoms with Crippen LogP contribution < -0.4 is 10.5 Å². The van der Waals surface area contributed by atoms with E-state index in [2.05, 4.69) is 4.98 Å². The molecule has 0 aliphatic heterocycles. The smallest absolute Gasteiger partial charge is 0.307 e. The molecule has 0 fully saturated rings. The number of hydrogen-bond donors (Lipinski definition) is 3. The lowest BCUT2D eigenvalue weighted by Crippen LogP contribution is -2.15. The number of nitrogens with zero attached hydrogens (tertiary/aromatic N) is 1. The number of rotatable bonds is 8. The van der Waals surface area contributed by atoms with Crippen molar-refractivity contribution in [3.05, 3.63) is 76.6 Å². The normalized spacial score (nSPS) is 13.6. The number of aliphatic carboxylic acids is 1. The predicted molar refractivity (Wildman–Crippen MR) is 109 cm³/mol. The molecule has 0 aliphatic rings. The molecule has 6 nitrogen and oxygen atoms in total. The van der Waals surface area contributed by atoms with Crippen molar-refractivity contribution >= 4 is 11.5 Å². The summed E-state index contributed by atoms with van der Waals surface area (Å²) in [5.41, 5.74) is 8.74. The number of nitrogens with two attached hydrogens (primary N) is 1. The van der Waals surface area contributed by atoms with Gasteiger partial charge in [-0.15, -0.1) is 0 Å². The van der Waals surface area contributed by atoms with Crippen molar-refractivity contribution in [3.63, 3.8) is 0 Å². The van der Waals surface area contributed by atoms with Crippen molar-refractivity contribution < 1.29 is 24.1 Å². The van der Waals surface area contributed by atoms with Crippen molar-refractivity contribution in [2.24, 2.45) is 5.73 Å². The van der Waals surface area contributed by atoms with Gasteiger partial charge < -0.3 is 20.7 Å². The molecule has 4 N–H and O–H groups in total. The number of aromatic nitrogens is 1. The first-order chi connectivity index (χ1) is 13.7. The Kier molecular flexibility index (Phi) is 7.50. The van der Waals surface area contributed by atoms with E-state index in [1.54, 1.807) is 38.3 Å². The van der Waals surface area contributed by atoms with Gasteiger partial charge in [0.15, 0.2) is 0 Å². The van der Waals surface area contributed by atoms with Crippen LogP contribution in [-0.2, 0) is 17.8 Å². The number of carboxylic acid groups (broad SMARTS) is 1. The van der Waals surface area contributed by atoms with Crippen LogP contribution in [0.2, 0.25) is 0 Å². The van der Waals surface area contributed by atoms with Gasteiger partial charge in [0, 0.05) is 23.9 Å². The Labute approximate surface area is 169 Å². The Morgan fingerprint density at radius 1 is 1.28 bits per heavy atom. The zero-order chi connectivity index (χ0) is 21.6. The highest BCUT2D eigenvalue weighted by Gasteiger charge is 2.15. The first-order valence-corrected chi connectivity index (χ1v) is 9.11. The van der Waals surface area contributed by atoms with Gasteiger partial charge in [-0.25, -0.2) is 4.39 Å². The molecule has 2 aromatic rings. The molecule has 7 heteroatoms. The van der Waals surface area contributed by atoms with Gasteiger partial charge in [-0.1, -0.05) is 0 Å². The average molecular weight is 400 g/mol. The van der Waals surface area contributed by atoms with E-state index in [0.717, 1.165) is 17.2 Å². The van der Waals surface area contributed by atoms with Crippen LogP contribution in [0.15, 0.2) is 53.9 Å².